The number of amides is 1. The molecule has 0 aliphatic carbocycles. The smallest absolute Gasteiger partial charge is 0.298 e. The maximum absolute atomic E-state index is 13.2. The highest BCUT2D eigenvalue weighted by Crippen LogP contribution is 2.28. The number of aromatic nitrogens is 2. The van der Waals surface area contributed by atoms with Crippen LogP contribution in [-0.4, -0.2) is 57.8 Å². The van der Waals surface area contributed by atoms with Crippen LogP contribution in [0.5, 0.6) is 10.9 Å². The minimum atomic E-state index is -0.271. The molecule has 6 nitrogen and oxygen atoms in total. The summed E-state index contributed by atoms with van der Waals surface area (Å²) in [7, 11) is 0. The largest absolute Gasteiger partial charge is 0.430 e. The first-order valence-corrected chi connectivity index (χ1v) is 13.4. The maximum atomic E-state index is 13.2. The molecule has 0 unspecified atom stereocenters. The van der Waals surface area contributed by atoms with Gasteiger partial charge < -0.3 is 9.64 Å². The summed E-state index contributed by atoms with van der Waals surface area (Å²) in [6.07, 6.45) is 4.80. The van der Waals surface area contributed by atoms with Crippen molar-refractivity contribution in [3.8, 4) is 10.9 Å². The summed E-state index contributed by atoms with van der Waals surface area (Å²) in [6.45, 7) is 5.84. The van der Waals surface area contributed by atoms with Crippen molar-refractivity contribution in [2.24, 2.45) is 0 Å². The molecule has 0 saturated carbocycles. The maximum Gasteiger partial charge on any atom is 0.298 e. The Kier molecular flexibility index (Phi) is 8.21. The molecular formula is C30H29FN4O2S. The molecule has 0 atom stereocenters. The Bertz CT molecular complexity index is 1400. The van der Waals surface area contributed by atoms with Gasteiger partial charge >= 0.3 is 0 Å². The van der Waals surface area contributed by atoms with Crippen LogP contribution >= 0.6 is 11.5 Å². The van der Waals surface area contributed by atoms with E-state index in [1.807, 2.05) is 42.2 Å². The lowest BCUT2D eigenvalue weighted by molar-refractivity contribution is 0.0650. The normalized spacial score (nSPS) is 14.2. The summed E-state index contributed by atoms with van der Waals surface area (Å²) in [4.78, 5) is 22.0. The van der Waals surface area contributed by atoms with Crippen molar-refractivity contribution in [2.75, 3.05) is 32.7 Å². The van der Waals surface area contributed by atoms with Crippen molar-refractivity contribution in [3.05, 3.63) is 113 Å². The summed E-state index contributed by atoms with van der Waals surface area (Å²) in [6, 6.07) is 22.1. The summed E-state index contributed by atoms with van der Waals surface area (Å²) >= 11 is 1.16. The van der Waals surface area contributed by atoms with Gasteiger partial charge in [0.15, 0.2) is 5.82 Å². The third kappa shape index (κ3) is 6.70. The molecule has 0 spiro atoms. The average molecular weight is 529 g/mol. The highest BCUT2D eigenvalue weighted by atomic mass is 32.1. The molecule has 5 rings (SSSR count). The van der Waals surface area contributed by atoms with Crippen LogP contribution in [-0.2, 0) is 6.42 Å². The van der Waals surface area contributed by atoms with Gasteiger partial charge in [0.05, 0.1) is 0 Å². The number of hydrogen-bond donors (Lipinski definition) is 0. The van der Waals surface area contributed by atoms with Crippen LogP contribution in [0.4, 0.5) is 4.39 Å². The molecular weight excluding hydrogens is 499 g/mol. The molecule has 1 saturated heterocycles. The molecule has 1 fully saturated rings. The van der Waals surface area contributed by atoms with Crippen LogP contribution < -0.4 is 4.74 Å². The van der Waals surface area contributed by atoms with E-state index in [1.165, 1.54) is 17.7 Å². The summed E-state index contributed by atoms with van der Waals surface area (Å²) in [5, 5.41) is 0.409. The molecule has 0 radical (unpaired) electrons. The number of carbonyl (C=O) groups is 1. The number of hydrogen-bond acceptors (Lipinski definition) is 6. The predicted molar refractivity (Wildman–Crippen MR) is 148 cm³/mol. The first kappa shape index (κ1) is 25.8. The van der Waals surface area contributed by atoms with Crippen LogP contribution in [0.2, 0.25) is 0 Å². The van der Waals surface area contributed by atoms with E-state index in [0.29, 0.717) is 41.8 Å². The monoisotopic (exact) mass is 528 g/mol. The van der Waals surface area contributed by atoms with Gasteiger partial charge in [-0.15, -0.1) is 0 Å². The van der Waals surface area contributed by atoms with Crippen LogP contribution in [0.15, 0.2) is 78.9 Å². The predicted octanol–water partition coefficient (Wildman–Crippen LogP) is 5.84. The van der Waals surface area contributed by atoms with Crippen molar-refractivity contribution in [3.63, 3.8) is 0 Å². The van der Waals surface area contributed by atoms with Crippen molar-refractivity contribution in [2.45, 2.75) is 13.3 Å². The highest BCUT2D eigenvalue weighted by Gasteiger charge is 2.22. The number of carbonyl (C=O) groups excluding carboxylic acids is 1. The number of piperazine rings is 1. The van der Waals surface area contributed by atoms with Crippen molar-refractivity contribution >= 4 is 23.5 Å². The molecule has 194 valence electrons. The zero-order chi connectivity index (χ0) is 26.3. The zero-order valence-electron chi connectivity index (χ0n) is 21.2. The molecule has 1 aromatic heterocycles. The second kappa shape index (κ2) is 12.1. The number of rotatable bonds is 8. The van der Waals surface area contributed by atoms with E-state index in [-0.39, 0.29) is 11.7 Å². The van der Waals surface area contributed by atoms with Gasteiger partial charge in [0.25, 0.3) is 11.1 Å². The third-order valence-electron chi connectivity index (χ3n) is 6.49. The number of nitrogens with zero attached hydrogens (tertiary/aromatic N) is 4. The third-order valence-corrected chi connectivity index (χ3v) is 7.12. The lowest BCUT2D eigenvalue weighted by atomic mass is 10.1. The Morgan fingerprint density at radius 2 is 1.79 bits per heavy atom. The standard InChI is InChI=1S/C30H29FN4O2S/c1-22-9-12-25(21-27(22)37-30-32-28(33-38-30)20-24-10-13-26(31)14-11-24)29(36)35-18-16-34(17-19-35)15-5-8-23-6-3-2-4-7-23/h2-14,21H,15-20H2,1H3. The molecule has 1 aliphatic heterocycles. The number of aryl methyl sites for hydroxylation is 1. The fourth-order valence-corrected chi connectivity index (χ4v) is 4.85. The number of halogens is 1. The topological polar surface area (TPSA) is 58.6 Å². The van der Waals surface area contributed by atoms with E-state index in [9.17, 15) is 9.18 Å². The second-order valence-electron chi connectivity index (χ2n) is 9.27. The molecule has 0 bridgehead atoms. The summed E-state index contributed by atoms with van der Waals surface area (Å²) < 4.78 is 23.5. The van der Waals surface area contributed by atoms with E-state index in [2.05, 4.69) is 38.5 Å². The lowest BCUT2D eigenvalue weighted by Gasteiger charge is -2.34. The van der Waals surface area contributed by atoms with E-state index in [4.69, 9.17) is 4.74 Å². The SMILES string of the molecule is Cc1ccc(C(=O)N2CCN(CC=Cc3ccccc3)CC2)cc1Oc1nc(Cc2ccc(F)cc2)ns1. The molecule has 2 heterocycles. The van der Waals surface area contributed by atoms with Crippen LogP contribution in [0.3, 0.4) is 0 Å². The first-order chi connectivity index (χ1) is 18.5. The Labute approximate surface area is 226 Å². The Morgan fingerprint density at radius 3 is 2.55 bits per heavy atom. The van der Waals surface area contributed by atoms with E-state index in [1.54, 1.807) is 18.2 Å². The van der Waals surface area contributed by atoms with Crippen molar-refractivity contribution < 1.29 is 13.9 Å². The molecule has 1 aliphatic rings. The van der Waals surface area contributed by atoms with Crippen molar-refractivity contribution in [1.82, 2.24) is 19.2 Å². The van der Waals surface area contributed by atoms with E-state index in [0.717, 1.165) is 42.3 Å². The van der Waals surface area contributed by atoms with Gasteiger partial charge in [-0.2, -0.15) is 9.36 Å². The Morgan fingerprint density at radius 1 is 1.03 bits per heavy atom. The van der Waals surface area contributed by atoms with Crippen molar-refractivity contribution in [1.29, 1.82) is 0 Å². The van der Waals surface area contributed by atoms with Crippen LogP contribution in [0, 0.1) is 12.7 Å². The molecule has 8 heteroatoms. The zero-order valence-corrected chi connectivity index (χ0v) is 22.0. The van der Waals surface area contributed by atoms with Gasteiger partial charge in [-0.1, -0.05) is 60.7 Å². The highest BCUT2D eigenvalue weighted by molar-refractivity contribution is 7.07. The average Bonchev–Trinajstić information content (AvgIpc) is 3.38. The van der Waals surface area contributed by atoms with Gasteiger partial charge in [0.1, 0.15) is 11.6 Å². The molecule has 0 N–H and O–H groups in total. The quantitative estimate of drug-likeness (QED) is 0.288. The fourth-order valence-electron chi connectivity index (χ4n) is 4.29. The van der Waals surface area contributed by atoms with Gasteiger partial charge in [-0.3, -0.25) is 9.69 Å². The lowest BCUT2D eigenvalue weighted by Crippen LogP contribution is -2.48. The second-order valence-corrected chi connectivity index (χ2v) is 9.98. The summed E-state index contributed by atoms with van der Waals surface area (Å²) in [5.41, 5.74) is 3.62. The number of ether oxygens (including phenoxy) is 1. The summed E-state index contributed by atoms with van der Waals surface area (Å²) in [5.74, 6) is 0.929. The van der Waals surface area contributed by atoms with Gasteiger partial charge in [0, 0.05) is 56.2 Å². The molecule has 3 aromatic carbocycles. The van der Waals surface area contributed by atoms with E-state index < -0.39 is 0 Å². The molecule has 38 heavy (non-hydrogen) atoms. The molecule has 4 aromatic rings. The van der Waals surface area contributed by atoms with Crippen LogP contribution in [0.25, 0.3) is 6.08 Å². The Balaban J connectivity index is 1.16. The van der Waals surface area contributed by atoms with Gasteiger partial charge in [0.2, 0.25) is 0 Å². The van der Waals surface area contributed by atoms with E-state index >= 15 is 0 Å². The molecule has 1 amide bonds. The minimum absolute atomic E-state index is 0.00332. The fraction of sp³-hybridized carbons (Fsp3) is 0.233. The first-order valence-electron chi connectivity index (χ1n) is 12.6. The minimum Gasteiger partial charge on any atom is -0.430 e. The number of benzene rings is 3. The van der Waals surface area contributed by atoms with Gasteiger partial charge in [-0.25, -0.2) is 4.39 Å². The Hall–Kier alpha value is -3.88. The van der Waals surface area contributed by atoms with Gasteiger partial charge in [-0.05, 0) is 47.9 Å². The van der Waals surface area contributed by atoms with Crippen LogP contribution in [0.1, 0.15) is 32.9 Å².